The van der Waals surface area contributed by atoms with Crippen LogP contribution < -0.4 is 0 Å². The fraction of sp³-hybridized carbons (Fsp3) is 0.714. The van der Waals surface area contributed by atoms with Gasteiger partial charge in [0.1, 0.15) is 0 Å². The summed E-state index contributed by atoms with van der Waals surface area (Å²) in [4.78, 5) is 0. The summed E-state index contributed by atoms with van der Waals surface area (Å²) in [7, 11) is -0.301. The van der Waals surface area contributed by atoms with Crippen molar-refractivity contribution >= 4 is 40.7 Å². The van der Waals surface area contributed by atoms with Gasteiger partial charge in [0.05, 0.1) is 0 Å². The van der Waals surface area contributed by atoms with Gasteiger partial charge in [-0.05, 0) is 0 Å². The molecule has 1 aromatic rings. The summed E-state index contributed by atoms with van der Waals surface area (Å²) in [5.41, 5.74) is 2.08. The minimum absolute atomic E-state index is 0.301. The Bertz CT molecular complexity index is 710. The number of benzene rings is 1. The predicted molar refractivity (Wildman–Crippen MR) is 150 cm³/mol. The summed E-state index contributed by atoms with van der Waals surface area (Å²) in [6.45, 7) is 15.7. The molecule has 5 heteroatoms. The molecule has 2 rings (SSSR count). The zero-order valence-corrected chi connectivity index (χ0v) is 26.0. The van der Waals surface area contributed by atoms with Crippen LogP contribution in [0, 0.1) is 0 Å². The van der Waals surface area contributed by atoms with Crippen LogP contribution in [0.25, 0.3) is 3.59 Å². The number of hydrogen-bond donors (Lipinski definition) is 0. The van der Waals surface area contributed by atoms with Crippen molar-refractivity contribution in [2.75, 3.05) is 5.88 Å². The second-order valence-corrected chi connectivity index (χ2v) is 24.3. The fourth-order valence-electron chi connectivity index (χ4n) is 5.18. The van der Waals surface area contributed by atoms with E-state index in [9.17, 15) is 0 Å². The fourth-order valence-corrected chi connectivity index (χ4v) is 23.3. The van der Waals surface area contributed by atoms with E-state index in [1.54, 1.807) is 3.59 Å². The molecule has 1 aromatic carbocycles. The average Bonchev–Trinajstić information content (AvgIpc) is 3.01. The van der Waals surface area contributed by atoms with Crippen molar-refractivity contribution in [3.63, 3.8) is 0 Å². The number of hydrogen-bond acceptors (Lipinski definition) is 2. The van der Waals surface area contributed by atoms with E-state index in [2.05, 4.69) is 78.8 Å². The van der Waals surface area contributed by atoms with Gasteiger partial charge in [-0.15, -0.1) is 0 Å². The van der Waals surface area contributed by atoms with Gasteiger partial charge in [0.15, 0.2) is 0 Å². The molecule has 0 spiro atoms. The summed E-state index contributed by atoms with van der Waals surface area (Å²) in [5.74, 6) is 0.604. The van der Waals surface area contributed by atoms with Crippen molar-refractivity contribution in [1.29, 1.82) is 0 Å². The molecule has 1 aliphatic heterocycles. The third kappa shape index (κ3) is 7.27. The van der Waals surface area contributed by atoms with Crippen LogP contribution in [0.2, 0.25) is 13.3 Å². The first-order chi connectivity index (χ1) is 15.7. The first kappa shape index (κ1) is 29.3. The van der Waals surface area contributed by atoms with E-state index in [0.29, 0.717) is 5.88 Å². The van der Waals surface area contributed by atoms with Gasteiger partial charge in [0.25, 0.3) is 0 Å². The van der Waals surface area contributed by atoms with Crippen molar-refractivity contribution in [3.05, 3.63) is 41.4 Å². The molecule has 1 aliphatic rings. The van der Waals surface area contributed by atoms with Gasteiger partial charge in [-0.3, -0.25) is 0 Å². The van der Waals surface area contributed by atoms with E-state index in [1.807, 2.05) is 0 Å². The van der Waals surface area contributed by atoms with Crippen LogP contribution in [0.1, 0.15) is 99.0 Å². The number of halogens is 1. The molecular formula is C28H48BClO2Sn. The topological polar surface area (TPSA) is 18.5 Å². The van der Waals surface area contributed by atoms with Crippen molar-refractivity contribution < 1.29 is 9.31 Å². The quantitative estimate of drug-likeness (QED) is 0.161. The number of unbranched alkanes of at least 4 members (excludes halogenated alkanes) is 3. The van der Waals surface area contributed by atoms with E-state index < -0.39 is 18.4 Å². The summed E-state index contributed by atoms with van der Waals surface area (Å²) in [6, 6.07) is 11.2. The molecule has 0 amide bonds. The zero-order chi connectivity index (χ0) is 24.5. The van der Waals surface area contributed by atoms with Crippen LogP contribution in [0.3, 0.4) is 0 Å². The second kappa shape index (κ2) is 13.4. The maximum atomic E-state index is 6.68. The molecule has 1 fully saturated rings. The molecule has 0 N–H and O–H groups in total. The number of allylic oxidation sites excluding steroid dienone is 1. The summed E-state index contributed by atoms with van der Waals surface area (Å²) >= 11 is 3.66. The Morgan fingerprint density at radius 2 is 1.27 bits per heavy atom. The Morgan fingerprint density at radius 3 is 1.67 bits per heavy atom. The Labute approximate surface area is 214 Å². The average molecular weight is 582 g/mol. The molecule has 1 saturated heterocycles. The molecule has 0 saturated carbocycles. The van der Waals surface area contributed by atoms with E-state index in [0.717, 1.165) is 6.42 Å². The summed E-state index contributed by atoms with van der Waals surface area (Å²) in [5, 5.41) is 0. The standard InChI is InChI=1S/C16H21BClO2.3C4H9.Sn/c1-15(2)16(3,4)20-17(19-15)14(10-11-18)12-13-8-6-5-7-9-13;3*1-3-4-2;/h5-9H,10-11H2,1-4H3;3*1,3-4H2,2H3;. The monoisotopic (exact) mass is 582 g/mol. The second-order valence-electron chi connectivity index (χ2n) is 10.9. The molecule has 0 radical (unpaired) electrons. The Balaban J connectivity index is 2.78. The zero-order valence-electron chi connectivity index (χ0n) is 22.4. The summed E-state index contributed by atoms with van der Waals surface area (Å²) in [6.07, 6.45) is 8.62. The van der Waals surface area contributed by atoms with E-state index >= 15 is 0 Å². The van der Waals surface area contributed by atoms with Crippen LogP contribution in [-0.2, 0) is 9.31 Å². The molecule has 0 atom stereocenters. The molecular weight excluding hydrogens is 533 g/mol. The number of rotatable bonds is 14. The molecule has 0 unspecified atom stereocenters. The van der Waals surface area contributed by atoms with Crippen LogP contribution in [0.4, 0.5) is 0 Å². The molecule has 186 valence electrons. The Kier molecular flexibility index (Phi) is 11.9. The third-order valence-electron chi connectivity index (χ3n) is 7.84. The SMILES string of the molecule is CCC[CH2][Sn]([CH2]CCC)([CH2]CCC)/[C](=C(/CCCl)B1OC(C)(C)C(C)(C)O1)c1ccccc1. The molecule has 0 aromatic heterocycles. The first-order valence-corrected chi connectivity index (χ1v) is 21.4. The Hall–Kier alpha value is 0.0336. The van der Waals surface area contributed by atoms with Crippen LogP contribution in [-0.4, -0.2) is 42.6 Å². The van der Waals surface area contributed by atoms with Gasteiger partial charge < -0.3 is 0 Å². The van der Waals surface area contributed by atoms with Gasteiger partial charge in [-0.1, -0.05) is 0 Å². The minimum atomic E-state index is -2.83. The van der Waals surface area contributed by atoms with Crippen molar-refractivity contribution in [2.24, 2.45) is 0 Å². The van der Waals surface area contributed by atoms with Crippen molar-refractivity contribution in [2.45, 2.75) is 118 Å². The predicted octanol–water partition coefficient (Wildman–Crippen LogP) is 9.09. The maximum absolute atomic E-state index is 6.68. The van der Waals surface area contributed by atoms with E-state index in [4.69, 9.17) is 20.9 Å². The van der Waals surface area contributed by atoms with Crippen LogP contribution >= 0.6 is 11.6 Å². The molecule has 0 bridgehead atoms. The number of alkyl halides is 1. The van der Waals surface area contributed by atoms with E-state index in [1.165, 1.54) is 62.9 Å². The van der Waals surface area contributed by atoms with Crippen molar-refractivity contribution in [1.82, 2.24) is 0 Å². The summed E-state index contributed by atoms with van der Waals surface area (Å²) < 4.78 is 19.3. The normalized spacial score (nSPS) is 18.5. The van der Waals surface area contributed by atoms with Crippen molar-refractivity contribution in [3.8, 4) is 0 Å². The van der Waals surface area contributed by atoms with Gasteiger partial charge in [-0.2, -0.15) is 0 Å². The molecule has 33 heavy (non-hydrogen) atoms. The van der Waals surface area contributed by atoms with Gasteiger partial charge in [0.2, 0.25) is 0 Å². The van der Waals surface area contributed by atoms with Gasteiger partial charge >= 0.3 is 215 Å². The van der Waals surface area contributed by atoms with Crippen LogP contribution in [0.15, 0.2) is 35.8 Å². The Morgan fingerprint density at radius 1 is 0.818 bits per heavy atom. The van der Waals surface area contributed by atoms with Gasteiger partial charge in [0, 0.05) is 0 Å². The molecule has 0 aliphatic carbocycles. The van der Waals surface area contributed by atoms with Gasteiger partial charge in [-0.25, -0.2) is 0 Å². The molecule has 2 nitrogen and oxygen atoms in total. The van der Waals surface area contributed by atoms with Crippen LogP contribution in [0.5, 0.6) is 0 Å². The molecule has 1 heterocycles. The first-order valence-electron chi connectivity index (χ1n) is 13.4. The van der Waals surface area contributed by atoms with E-state index in [-0.39, 0.29) is 18.3 Å². The third-order valence-corrected chi connectivity index (χ3v) is 24.0.